The fourth-order valence-electron chi connectivity index (χ4n) is 2.43. The molecule has 0 aliphatic heterocycles. The van der Waals surface area contributed by atoms with Gasteiger partial charge in [0.25, 0.3) is 0 Å². The van der Waals surface area contributed by atoms with Gasteiger partial charge in [-0.05, 0) is 53.3 Å². The molecule has 0 amide bonds. The number of rotatable bonds is 8. The number of aromatic nitrogens is 1. The van der Waals surface area contributed by atoms with Gasteiger partial charge in [0.15, 0.2) is 5.78 Å². The van der Waals surface area contributed by atoms with Crippen molar-refractivity contribution in [2.24, 2.45) is 0 Å². The SMILES string of the molecule is CCc1ccc(CCOc2ccc(/C=C/C(=O)c3cccs3)cc2)nc1. The summed E-state index contributed by atoms with van der Waals surface area (Å²) in [7, 11) is 0. The van der Waals surface area contributed by atoms with Crippen LogP contribution in [0.15, 0.2) is 66.2 Å². The predicted octanol–water partition coefficient (Wildman–Crippen LogP) is 5.22. The van der Waals surface area contributed by atoms with E-state index in [1.807, 2.05) is 54.1 Å². The van der Waals surface area contributed by atoms with Crippen LogP contribution >= 0.6 is 11.3 Å². The number of hydrogen-bond donors (Lipinski definition) is 0. The van der Waals surface area contributed by atoms with Crippen molar-refractivity contribution in [3.05, 3.63) is 87.9 Å². The average molecular weight is 363 g/mol. The molecule has 4 heteroatoms. The number of hydrogen-bond acceptors (Lipinski definition) is 4. The summed E-state index contributed by atoms with van der Waals surface area (Å²) in [6, 6.07) is 15.6. The Morgan fingerprint density at radius 3 is 2.65 bits per heavy atom. The molecule has 0 unspecified atom stereocenters. The first kappa shape index (κ1) is 18.1. The minimum Gasteiger partial charge on any atom is -0.493 e. The van der Waals surface area contributed by atoms with Crippen LogP contribution in [0.5, 0.6) is 5.75 Å². The quantitative estimate of drug-likeness (QED) is 0.407. The Morgan fingerprint density at radius 1 is 1.15 bits per heavy atom. The number of pyridine rings is 1. The summed E-state index contributed by atoms with van der Waals surface area (Å²) >= 11 is 1.45. The second kappa shape index (κ2) is 9.11. The van der Waals surface area contributed by atoms with Gasteiger partial charge in [-0.2, -0.15) is 0 Å². The molecule has 0 saturated heterocycles. The maximum Gasteiger partial charge on any atom is 0.195 e. The van der Waals surface area contributed by atoms with Gasteiger partial charge in [0.2, 0.25) is 0 Å². The van der Waals surface area contributed by atoms with E-state index in [-0.39, 0.29) is 5.78 Å². The zero-order valence-corrected chi connectivity index (χ0v) is 15.5. The summed E-state index contributed by atoms with van der Waals surface area (Å²) in [6.07, 6.45) is 7.14. The molecule has 0 saturated carbocycles. The third-order valence-corrected chi connectivity index (χ3v) is 4.88. The Kier molecular flexibility index (Phi) is 6.34. The molecule has 2 aromatic heterocycles. The van der Waals surface area contributed by atoms with Gasteiger partial charge in [0.05, 0.1) is 11.5 Å². The number of allylic oxidation sites excluding steroid dienone is 1. The molecule has 0 N–H and O–H groups in total. The summed E-state index contributed by atoms with van der Waals surface area (Å²) in [4.78, 5) is 17.1. The molecule has 0 aliphatic carbocycles. The molecule has 1 aromatic carbocycles. The number of nitrogens with zero attached hydrogens (tertiary/aromatic N) is 1. The minimum absolute atomic E-state index is 0.0296. The van der Waals surface area contributed by atoms with E-state index in [0.717, 1.165) is 34.7 Å². The Morgan fingerprint density at radius 2 is 2.00 bits per heavy atom. The van der Waals surface area contributed by atoms with Crippen molar-refractivity contribution in [1.29, 1.82) is 0 Å². The fourth-order valence-corrected chi connectivity index (χ4v) is 3.08. The molecule has 3 nitrogen and oxygen atoms in total. The minimum atomic E-state index is 0.0296. The Labute approximate surface area is 158 Å². The van der Waals surface area contributed by atoms with Crippen LogP contribution in [0.1, 0.15) is 33.4 Å². The largest absolute Gasteiger partial charge is 0.493 e. The zero-order valence-electron chi connectivity index (χ0n) is 14.7. The lowest BCUT2D eigenvalue weighted by Gasteiger charge is -2.06. The van der Waals surface area contributed by atoms with Crippen LogP contribution in [0.3, 0.4) is 0 Å². The number of carbonyl (C=O) groups is 1. The van der Waals surface area contributed by atoms with Gasteiger partial charge in [-0.15, -0.1) is 11.3 Å². The summed E-state index contributed by atoms with van der Waals surface area (Å²) in [5, 5.41) is 1.90. The first-order valence-corrected chi connectivity index (χ1v) is 9.55. The van der Waals surface area contributed by atoms with Crippen LogP contribution in [0.4, 0.5) is 0 Å². The van der Waals surface area contributed by atoms with Crippen molar-refractivity contribution in [1.82, 2.24) is 4.98 Å². The van der Waals surface area contributed by atoms with E-state index in [1.165, 1.54) is 16.9 Å². The predicted molar refractivity (Wildman–Crippen MR) is 107 cm³/mol. The highest BCUT2D eigenvalue weighted by molar-refractivity contribution is 7.12. The van der Waals surface area contributed by atoms with Gasteiger partial charge >= 0.3 is 0 Å². The normalized spacial score (nSPS) is 11.0. The van der Waals surface area contributed by atoms with E-state index >= 15 is 0 Å². The average Bonchev–Trinajstić information content (AvgIpc) is 3.22. The molecule has 0 spiro atoms. The molecule has 0 bridgehead atoms. The van der Waals surface area contributed by atoms with Crippen molar-refractivity contribution in [3.63, 3.8) is 0 Å². The lowest BCUT2D eigenvalue weighted by Crippen LogP contribution is -2.03. The summed E-state index contributed by atoms with van der Waals surface area (Å²) in [6.45, 7) is 2.71. The van der Waals surface area contributed by atoms with Crippen molar-refractivity contribution in [2.75, 3.05) is 6.61 Å². The van der Waals surface area contributed by atoms with Crippen LogP contribution in [-0.4, -0.2) is 17.4 Å². The van der Waals surface area contributed by atoms with Gasteiger partial charge in [-0.1, -0.05) is 37.3 Å². The molecule has 0 fully saturated rings. The second-order valence-corrected chi connectivity index (χ2v) is 6.80. The molecular weight excluding hydrogens is 342 g/mol. The molecule has 132 valence electrons. The number of aryl methyl sites for hydroxylation is 1. The third kappa shape index (κ3) is 5.14. The molecule has 3 rings (SSSR count). The fraction of sp³-hybridized carbons (Fsp3) is 0.182. The Bertz CT molecular complexity index is 850. The molecular formula is C22H21NO2S. The van der Waals surface area contributed by atoms with Crippen LogP contribution in [0.25, 0.3) is 6.08 Å². The van der Waals surface area contributed by atoms with E-state index < -0.39 is 0 Å². The lowest BCUT2D eigenvalue weighted by atomic mass is 10.2. The molecule has 2 heterocycles. The van der Waals surface area contributed by atoms with Crippen LogP contribution in [0, 0.1) is 0 Å². The lowest BCUT2D eigenvalue weighted by molar-refractivity contribution is 0.105. The molecule has 0 radical (unpaired) electrons. The van der Waals surface area contributed by atoms with Gasteiger partial charge in [0, 0.05) is 18.3 Å². The van der Waals surface area contributed by atoms with Gasteiger partial charge in [-0.25, -0.2) is 0 Å². The van der Waals surface area contributed by atoms with E-state index in [0.29, 0.717) is 6.61 Å². The summed E-state index contributed by atoms with van der Waals surface area (Å²) in [5.74, 6) is 0.846. The van der Waals surface area contributed by atoms with E-state index in [9.17, 15) is 4.79 Å². The topological polar surface area (TPSA) is 39.2 Å². The third-order valence-electron chi connectivity index (χ3n) is 3.99. The molecule has 0 atom stereocenters. The number of ether oxygens (including phenoxy) is 1. The highest BCUT2D eigenvalue weighted by Crippen LogP contribution is 2.15. The monoisotopic (exact) mass is 363 g/mol. The Balaban J connectivity index is 1.48. The first-order valence-electron chi connectivity index (χ1n) is 8.67. The van der Waals surface area contributed by atoms with Crippen molar-refractivity contribution in [3.8, 4) is 5.75 Å². The van der Waals surface area contributed by atoms with Gasteiger partial charge < -0.3 is 4.74 Å². The van der Waals surface area contributed by atoms with Crippen LogP contribution < -0.4 is 4.74 Å². The Hall–Kier alpha value is -2.72. The maximum atomic E-state index is 12.0. The zero-order chi connectivity index (χ0) is 18.2. The van der Waals surface area contributed by atoms with E-state index in [4.69, 9.17) is 4.74 Å². The number of thiophene rings is 1. The maximum absolute atomic E-state index is 12.0. The van der Waals surface area contributed by atoms with Crippen molar-refractivity contribution in [2.45, 2.75) is 19.8 Å². The molecule has 26 heavy (non-hydrogen) atoms. The highest BCUT2D eigenvalue weighted by atomic mass is 32.1. The number of benzene rings is 1. The smallest absolute Gasteiger partial charge is 0.195 e. The summed E-state index contributed by atoms with van der Waals surface area (Å²) in [5.41, 5.74) is 3.25. The van der Waals surface area contributed by atoms with Crippen molar-refractivity contribution >= 4 is 23.2 Å². The second-order valence-electron chi connectivity index (χ2n) is 5.85. The van der Waals surface area contributed by atoms with Gasteiger partial charge in [0.1, 0.15) is 5.75 Å². The highest BCUT2D eigenvalue weighted by Gasteiger charge is 2.02. The van der Waals surface area contributed by atoms with E-state index in [1.54, 1.807) is 6.08 Å². The number of carbonyl (C=O) groups excluding carboxylic acids is 1. The standard InChI is InChI=1S/C22H21NO2S/c1-2-17-5-9-19(23-16-17)13-14-25-20-10-6-18(7-11-20)8-12-21(24)22-4-3-15-26-22/h3-12,15-16H,2,13-14H2,1H3/b12-8+. The number of ketones is 1. The van der Waals surface area contributed by atoms with E-state index in [2.05, 4.69) is 24.0 Å². The molecule has 0 aliphatic rings. The molecule has 3 aromatic rings. The van der Waals surface area contributed by atoms with Crippen molar-refractivity contribution < 1.29 is 9.53 Å². The van der Waals surface area contributed by atoms with Gasteiger partial charge in [-0.3, -0.25) is 9.78 Å². The van der Waals surface area contributed by atoms with Crippen LogP contribution in [0.2, 0.25) is 0 Å². The van der Waals surface area contributed by atoms with Crippen LogP contribution in [-0.2, 0) is 12.8 Å². The summed E-state index contributed by atoms with van der Waals surface area (Å²) < 4.78 is 5.78. The first-order chi connectivity index (χ1) is 12.7.